The van der Waals surface area contributed by atoms with Gasteiger partial charge >= 0.3 is 6.18 Å². The summed E-state index contributed by atoms with van der Waals surface area (Å²) in [5, 5.41) is 15.1. The lowest BCUT2D eigenvalue weighted by Crippen LogP contribution is -2.37. The minimum Gasteiger partial charge on any atom is -0.357 e. The van der Waals surface area contributed by atoms with Crippen LogP contribution in [0.25, 0.3) is 0 Å². The molecule has 31 heavy (non-hydrogen) atoms. The summed E-state index contributed by atoms with van der Waals surface area (Å²) >= 11 is 0. The van der Waals surface area contributed by atoms with Gasteiger partial charge in [0, 0.05) is 32.5 Å². The number of aromatic nitrogens is 3. The van der Waals surface area contributed by atoms with E-state index in [-0.39, 0.29) is 30.5 Å². The normalized spacial score (nSPS) is 14.4. The monoisotopic (exact) mass is 550 g/mol. The number of hydrogen-bond acceptors (Lipinski definition) is 3. The third-order valence-corrected chi connectivity index (χ3v) is 5.07. The molecule has 2 aromatic rings. The zero-order valence-electron chi connectivity index (χ0n) is 17.7. The molecule has 10 heteroatoms. The van der Waals surface area contributed by atoms with Crippen LogP contribution in [0.4, 0.5) is 13.2 Å². The molecule has 1 aromatic heterocycles. The van der Waals surface area contributed by atoms with E-state index in [4.69, 9.17) is 0 Å². The highest BCUT2D eigenvalue weighted by Gasteiger charge is 2.30. The highest BCUT2D eigenvalue weighted by molar-refractivity contribution is 14.0. The smallest absolute Gasteiger partial charge is 0.357 e. The molecule has 1 aliphatic heterocycles. The Hall–Kier alpha value is -1.85. The van der Waals surface area contributed by atoms with E-state index in [9.17, 15) is 13.2 Å². The average Bonchev–Trinajstić information content (AvgIpc) is 2.94. The van der Waals surface area contributed by atoms with Gasteiger partial charge in [0.2, 0.25) is 0 Å². The molecule has 1 aromatic carbocycles. The lowest BCUT2D eigenvalue weighted by atomic mass is 10.1. The number of rotatable bonds is 7. The van der Waals surface area contributed by atoms with E-state index in [1.54, 1.807) is 6.07 Å². The first-order chi connectivity index (χ1) is 14.5. The van der Waals surface area contributed by atoms with Crippen LogP contribution < -0.4 is 10.6 Å². The molecule has 0 atom stereocenters. The van der Waals surface area contributed by atoms with Crippen molar-refractivity contribution in [3.63, 3.8) is 0 Å². The average molecular weight is 550 g/mol. The molecular weight excluding hydrogens is 520 g/mol. The number of nitrogens with zero attached hydrogens (tertiary/aromatic N) is 4. The summed E-state index contributed by atoms with van der Waals surface area (Å²) < 4.78 is 40.8. The molecule has 3 rings (SSSR count). The van der Waals surface area contributed by atoms with Crippen LogP contribution in [0.5, 0.6) is 0 Å². The highest BCUT2D eigenvalue weighted by atomic mass is 127. The largest absolute Gasteiger partial charge is 0.416 e. The zero-order valence-corrected chi connectivity index (χ0v) is 20.0. The molecule has 1 aliphatic rings. The van der Waals surface area contributed by atoms with Crippen molar-refractivity contribution in [3.05, 3.63) is 47.0 Å². The summed E-state index contributed by atoms with van der Waals surface area (Å²) in [6.45, 7) is 4.48. The third kappa shape index (κ3) is 7.65. The quantitative estimate of drug-likeness (QED) is 0.233. The standard InChI is InChI=1S/C21H29F3N6.HI/c1-2-25-20(27-15-16-8-6-9-17(14-16)21(22,23)24)26-12-7-11-19-29-28-18-10-4-3-5-13-30(18)19;/h6,8-9,14H,2-5,7,10-13,15H2,1H3,(H2,25,26,27);1H. The Balaban J connectivity index is 0.00000341. The Labute approximate surface area is 198 Å². The Bertz CT molecular complexity index is 850. The van der Waals surface area contributed by atoms with Gasteiger partial charge in [-0.05, 0) is 43.9 Å². The van der Waals surface area contributed by atoms with Gasteiger partial charge in [-0.15, -0.1) is 34.2 Å². The fourth-order valence-corrected chi connectivity index (χ4v) is 3.54. The second-order valence-electron chi connectivity index (χ2n) is 7.42. The first-order valence-electron chi connectivity index (χ1n) is 10.6. The first kappa shape index (κ1) is 25.4. The maximum absolute atomic E-state index is 12.9. The van der Waals surface area contributed by atoms with Crippen LogP contribution in [0.1, 0.15) is 55.4 Å². The van der Waals surface area contributed by atoms with Crippen molar-refractivity contribution in [2.75, 3.05) is 13.1 Å². The predicted molar refractivity (Wildman–Crippen MR) is 126 cm³/mol. The van der Waals surface area contributed by atoms with Crippen molar-refractivity contribution in [1.82, 2.24) is 25.4 Å². The number of guanidine groups is 1. The van der Waals surface area contributed by atoms with Gasteiger partial charge in [0.1, 0.15) is 11.6 Å². The number of benzene rings is 1. The highest BCUT2D eigenvalue weighted by Crippen LogP contribution is 2.29. The van der Waals surface area contributed by atoms with Crippen LogP contribution in [0, 0.1) is 0 Å². The second-order valence-corrected chi connectivity index (χ2v) is 7.42. The van der Waals surface area contributed by atoms with Gasteiger partial charge < -0.3 is 15.2 Å². The molecule has 0 saturated heterocycles. The molecule has 0 unspecified atom stereocenters. The van der Waals surface area contributed by atoms with Crippen LogP contribution >= 0.6 is 24.0 Å². The van der Waals surface area contributed by atoms with E-state index < -0.39 is 11.7 Å². The van der Waals surface area contributed by atoms with Crippen LogP contribution in [0.3, 0.4) is 0 Å². The number of aliphatic imine (C=N–C) groups is 1. The fourth-order valence-electron chi connectivity index (χ4n) is 3.54. The SMILES string of the molecule is CCNC(=NCc1cccc(C(F)(F)F)c1)NCCCc1nnc2n1CCCCC2.I. The molecule has 2 N–H and O–H groups in total. The van der Waals surface area contributed by atoms with Gasteiger partial charge in [0.15, 0.2) is 5.96 Å². The van der Waals surface area contributed by atoms with Gasteiger partial charge in [0.25, 0.3) is 0 Å². The Kier molecular flexibility index (Phi) is 10.0. The third-order valence-electron chi connectivity index (χ3n) is 5.07. The summed E-state index contributed by atoms with van der Waals surface area (Å²) in [5.41, 5.74) is -0.131. The summed E-state index contributed by atoms with van der Waals surface area (Å²) in [5.74, 6) is 2.71. The lowest BCUT2D eigenvalue weighted by molar-refractivity contribution is -0.137. The zero-order chi connectivity index (χ0) is 21.4. The molecule has 0 saturated carbocycles. The number of fused-ring (bicyclic) bond motifs is 1. The van der Waals surface area contributed by atoms with E-state index in [1.807, 2.05) is 6.92 Å². The number of halogens is 4. The maximum Gasteiger partial charge on any atom is 0.416 e. The second kappa shape index (κ2) is 12.3. The molecule has 172 valence electrons. The fraction of sp³-hybridized carbons (Fsp3) is 0.571. The van der Waals surface area contributed by atoms with Gasteiger partial charge in [-0.1, -0.05) is 18.6 Å². The summed E-state index contributed by atoms with van der Waals surface area (Å²) in [6.07, 6.45) is 1.93. The molecule has 0 spiro atoms. The van der Waals surface area contributed by atoms with Crippen LogP contribution in [0.15, 0.2) is 29.3 Å². The molecule has 6 nitrogen and oxygen atoms in total. The topological polar surface area (TPSA) is 67.1 Å². The van der Waals surface area contributed by atoms with Crippen molar-refractivity contribution in [3.8, 4) is 0 Å². The van der Waals surface area contributed by atoms with Crippen molar-refractivity contribution in [1.29, 1.82) is 0 Å². The van der Waals surface area contributed by atoms with Crippen molar-refractivity contribution < 1.29 is 13.2 Å². The van der Waals surface area contributed by atoms with Crippen molar-refractivity contribution in [2.24, 2.45) is 4.99 Å². The number of aryl methyl sites for hydroxylation is 2. The molecular formula is C21H30F3IN6. The van der Waals surface area contributed by atoms with E-state index >= 15 is 0 Å². The first-order valence-corrected chi connectivity index (χ1v) is 10.6. The van der Waals surface area contributed by atoms with Crippen LogP contribution in [-0.4, -0.2) is 33.8 Å². The van der Waals surface area contributed by atoms with Crippen molar-refractivity contribution >= 4 is 29.9 Å². The minimum absolute atomic E-state index is 0. The number of hydrogen-bond donors (Lipinski definition) is 2. The number of alkyl halides is 3. The molecule has 0 fully saturated rings. The van der Waals surface area contributed by atoms with Crippen LogP contribution in [0.2, 0.25) is 0 Å². The summed E-state index contributed by atoms with van der Waals surface area (Å²) in [7, 11) is 0. The van der Waals surface area contributed by atoms with Gasteiger partial charge in [-0.25, -0.2) is 4.99 Å². The van der Waals surface area contributed by atoms with E-state index in [1.165, 1.54) is 25.3 Å². The minimum atomic E-state index is -4.34. The lowest BCUT2D eigenvalue weighted by Gasteiger charge is -2.12. The molecule has 0 bridgehead atoms. The summed E-state index contributed by atoms with van der Waals surface area (Å²) in [4.78, 5) is 4.42. The Morgan fingerprint density at radius 2 is 2.00 bits per heavy atom. The van der Waals surface area contributed by atoms with E-state index in [2.05, 4.69) is 30.4 Å². The Morgan fingerprint density at radius 1 is 1.16 bits per heavy atom. The maximum atomic E-state index is 12.9. The molecule has 0 aliphatic carbocycles. The predicted octanol–water partition coefficient (Wildman–Crippen LogP) is 4.33. The number of nitrogens with one attached hydrogen (secondary N) is 2. The van der Waals surface area contributed by atoms with Gasteiger partial charge in [-0.2, -0.15) is 13.2 Å². The van der Waals surface area contributed by atoms with Gasteiger partial charge in [0.05, 0.1) is 12.1 Å². The van der Waals surface area contributed by atoms with E-state index in [0.29, 0.717) is 24.6 Å². The van der Waals surface area contributed by atoms with Crippen molar-refractivity contribution in [2.45, 2.75) is 64.7 Å². The van der Waals surface area contributed by atoms with Gasteiger partial charge in [-0.3, -0.25) is 0 Å². The molecule has 0 amide bonds. The molecule has 0 radical (unpaired) electrons. The van der Waals surface area contributed by atoms with Crippen LogP contribution in [-0.2, 0) is 32.1 Å². The Morgan fingerprint density at radius 3 is 2.77 bits per heavy atom. The molecule has 2 heterocycles. The van der Waals surface area contributed by atoms with E-state index in [0.717, 1.165) is 49.6 Å². The summed E-state index contributed by atoms with van der Waals surface area (Å²) in [6, 6.07) is 5.28.